The van der Waals surface area contributed by atoms with Crippen molar-refractivity contribution in [2.24, 2.45) is 5.92 Å². The van der Waals surface area contributed by atoms with Gasteiger partial charge < -0.3 is 10.2 Å². The minimum Gasteiger partial charge on any atom is -0.508 e. The molecule has 0 spiro atoms. The van der Waals surface area contributed by atoms with Crippen molar-refractivity contribution in [1.82, 2.24) is 0 Å². The molecule has 0 heterocycles. The van der Waals surface area contributed by atoms with Crippen LogP contribution in [0.4, 0.5) is 0 Å². The number of aromatic hydroxyl groups is 1. The van der Waals surface area contributed by atoms with Crippen molar-refractivity contribution in [2.45, 2.75) is 12.8 Å². The van der Waals surface area contributed by atoms with E-state index in [1.165, 1.54) is 0 Å². The van der Waals surface area contributed by atoms with Crippen LogP contribution in [0.2, 0.25) is 0 Å². The van der Waals surface area contributed by atoms with Crippen molar-refractivity contribution in [2.75, 3.05) is 0 Å². The van der Waals surface area contributed by atoms with Crippen molar-refractivity contribution in [1.29, 1.82) is 0 Å². The number of terminal acetylenes is 1. The smallest absolute Gasteiger partial charge is 0.304 e. The summed E-state index contributed by atoms with van der Waals surface area (Å²) in [5.41, 5.74) is 0.928. The van der Waals surface area contributed by atoms with E-state index in [4.69, 9.17) is 16.6 Å². The number of hydrogen-bond acceptors (Lipinski definition) is 2. The zero-order chi connectivity index (χ0) is 11.3. The number of carboxylic acids is 1. The molecule has 0 aliphatic rings. The van der Waals surface area contributed by atoms with Crippen LogP contribution in [0, 0.1) is 18.3 Å². The van der Waals surface area contributed by atoms with Crippen LogP contribution in [-0.4, -0.2) is 16.2 Å². The van der Waals surface area contributed by atoms with Gasteiger partial charge in [0.25, 0.3) is 0 Å². The molecule has 1 rings (SSSR count). The summed E-state index contributed by atoms with van der Waals surface area (Å²) in [4.78, 5) is 10.5. The van der Waals surface area contributed by atoms with Crippen LogP contribution in [0.1, 0.15) is 12.0 Å². The van der Waals surface area contributed by atoms with Crippen molar-refractivity contribution >= 4 is 5.97 Å². The summed E-state index contributed by atoms with van der Waals surface area (Å²) < 4.78 is 0. The molecule has 0 saturated heterocycles. The van der Waals surface area contributed by atoms with Gasteiger partial charge in [0, 0.05) is 5.92 Å². The highest BCUT2D eigenvalue weighted by Gasteiger charge is 2.10. The Labute approximate surface area is 88.4 Å². The molecule has 0 saturated carbocycles. The number of carbonyl (C=O) groups is 1. The first kappa shape index (κ1) is 11.1. The molecular weight excluding hydrogens is 192 g/mol. The molecule has 78 valence electrons. The van der Waals surface area contributed by atoms with Crippen LogP contribution in [0.25, 0.3) is 0 Å². The first-order valence-corrected chi connectivity index (χ1v) is 4.57. The van der Waals surface area contributed by atoms with Gasteiger partial charge in [-0.15, -0.1) is 12.3 Å². The number of hydrogen-bond donors (Lipinski definition) is 2. The molecule has 0 bridgehead atoms. The molecule has 0 aliphatic carbocycles. The summed E-state index contributed by atoms with van der Waals surface area (Å²) in [6.07, 6.45) is 5.72. The fourth-order valence-electron chi connectivity index (χ4n) is 1.32. The van der Waals surface area contributed by atoms with E-state index in [9.17, 15) is 4.79 Å². The van der Waals surface area contributed by atoms with Crippen molar-refractivity contribution in [3.63, 3.8) is 0 Å². The number of aliphatic carboxylic acids is 1. The fourth-order valence-corrected chi connectivity index (χ4v) is 1.32. The van der Waals surface area contributed by atoms with E-state index in [1.54, 1.807) is 24.3 Å². The Morgan fingerprint density at radius 3 is 2.47 bits per heavy atom. The molecule has 2 N–H and O–H groups in total. The van der Waals surface area contributed by atoms with E-state index in [0.717, 1.165) is 5.56 Å². The normalized spacial score (nSPS) is 11.7. The van der Waals surface area contributed by atoms with Gasteiger partial charge in [-0.25, -0.2) is 0 Å². The molecule has 1 aromatic carbocycles. The molecule has 0 radical (unpaired) electrons. The molecule has 0 aromatic heterocycles. The lowest BCUT2D eigenvalue weighted by atomic mass is 9.97. The van der Waals surface area contributed by atoms with Gasteiger partial charge in [0.2, 0.25) is 0 Å². The molecule has 0 aliphatic heterocycles. The highest BCUT2D eigenvalue weighted by atomic mass is 16.4. The Balaban J connectivity index is 2.63. The molecule has 3 heteroatoms. The summed E-state index contributed by atoms with van der Waals surface area (Å²) in [5.74, 6) is 1.45. The van der Waals surface area contributed by atoms with Gasteiger partial charge in [-0.3, -0.25) is 4.79 Å². The maximum atomic E-state index is 10.5. The van der Waals surface area contributed by atoms with Crippen LogP contribution in [-0.2, 0) is 11.2 Å². The predicted octanol–water partition coefficient (Wildman–Crippen LogP) is 1.66. The van der Waals surface area contributed by atoms with E-state index in [-0.39, 0.29) is 18.1 Å². The monoisotopic (exact) mass is 204 g/mol. The van der Waals surface area contributed by atoms with Crippen LogP contribution < -0.4 is 0 Å². The van der Waals surface area contributed by atoms with Gasteiger partial charge in [-0.1, -0.05) is 12.1 Å². The molecular formula is C12H12O3. The SMILES string of the molecule is C#CC(CC(=O)O)Cc1ccc(O)cc1. The van der Waals surface area contributed by atoms with Crippen LogP contribution >= 0.6 is 0 Å². The molecule has 3 nitrogen and oxygen atoms in total. The highest BCUT2D eigenvalue weighted by Crippen LogP contribution is 2.15. The number of carboxylic acid groups (broad SMARTS) is 1. The Kier molecular flexibility index (Phi) is 3.75. The number of benzene rings is 1. The Morgan fingerprint density at radius 2 is 2.00 bits per heavy atom. The minimum atomic E-state index is -0.892. The molecule has 1 aromatic rings. The zero-order valence-electron chi connectivity index (χ0n) is 8.18. The molecule has 15 heavy (non-hydrogen) atoms. The lowest BCUT2D eigenvalue weighted by Crippen LogP contribution is -2.08. The Morgan fingerprint density at radius 1 is 1.40 bits per heavy atom. The van der Waals surface area contributed by atoms with Gasteiger partial charge in [-0.05, 0) is 24.1 Å². The maximum Gasteiger partial charge on any atom is 0.304 e. The number of phenolic OH excluding ortho intramolecular Hbond substituents is 1. The molecule has 0 amide bonds. The third kappa shape index (κ3) is 3.74. The average molecular weight is 204 g/mol. The first-order chi connectivity index (χ1) is 7.11. The lowest BCUT2D eigenvalue weighted by Gasteiger charge is -2.07. The van der Waals surface area contributed by atoms with Gasteiger partial charge in [0.1, 0.15) is 5.75 Å². The zero-order valence-corrected chi connectivity index (χ0v) is 8.18. The first-order valence-electron chi connectivity index (χ1n) is 4.57. The third-order valence-corrected chi connectivity index (χ3v) is 2.08. The Bertz CT molecular complexity index is 373. The van der Waals surface area contributed by atoms with Crippen LogP contribution in [0.5, 0.6) is 5.75 Å². The van der Waals surface area contributed by atoms with Gasteiger partial charge in [0.15, 0.2) is 0 Å². The molecule has 1 atom stereocenters. The second-order valence-electron chi connectivity index (χ2n) is 3.33. The second kappa shape index (κ2) is 5.06. The maximum absolute atomic E-state index is 10.5. The highest BCUT2D eigenvalue weighted by molar-refractivity contribution is 5.67. The van der Waals surface area contributed by atoms with Gasteiger partial charge in [0.05, 0.1) is 6.42 Å². The molecule has 1 unspecified atom stereocenters. The van der Waals surface area contributed by atoms with Crippen molar-refractivity contribution in [3.8, 4) is 18.1 Å². The second-order valence-corrected chi connectivity index (χ2v) is 3.33. The predicted molar refractivity (Wildman–Crippen MR) is 56.4 cm³/mol. The third-order valence-electron chi connectivity index (χ3n) is 2.08. The van der Waals surface area contributed by atoms with E-state index < -0.39 is 5.97 Å². The van der Waals surface area contributed by atoms with E-state index in [0.29, 0.717) is 6.42 Å². The largest absolute Gasteiger partial charge is 0.508 e. The van der Waals surface area contributed by atoms with Gasteiger partial charge in [-0.2, -0.15) is 0 Å². The fraction of sp³-hybridized carbons (Fsp3) is 0.250. The van der Waals surface area contributed by atoms with E-state index in [1.807, 2.05) is 0 Å². The Hall–Kier alpha value is -1.95. The quantitative estimate of drug-likeness (QED) is 0.733. The standard InChI is InChI=1S/C12H12O3/c1-2-9(8-12(14)15)7-10-3-5-11(13)6-4-10/h1,3-6,9,13H,7-8H2,(H,14,15). The van der Waals surface area contributed by atoms with Crippen molar-refractivity contribution in [3.05, 3.63) is 29.8 Å². The van der Waals surface area contributed by atoms with Gasteiger partial charge >= 0.3 is 5.97 Å². The minimum absolute atomic E-state index is 0.0304. The van der Waals surface area contributed by atoms with Crippen LogP contribution in [0.15, 0.2) is 24.3 Å². The summed E-state index contributed by atoms with van der Waals surface area (Å²) in [5, 5.41) is 17.7. The van der Waals surface area contributed by atoms with E-state index in [2.05, 4.69) is 5.92 Å². The molecule has 0 fully saturated rings. The van der Waals surface area contributed by atoms with Crippen LogP contribution in [0.3, 0.4) is 0 Å². The average Bonchev–Trinajstić information content (AvgIpc) is 2.19. The summed E-state index contributed by atoms with van der Waals surface area (Å²) in [7, 11) is 0. The van der Waals surface area contributed by atoms with Crippen molar-refractivity contribution < 1.29 is 15.0 Å². The summed E-state index contributed by atoms with van der Waals surface area (Å²) in [6.45, 7) is 0. The number of phenols is 1. The number of rotatable bonds is 4. The summed E-state index contributed by atoms with van der Waals surface area (Å²) in [6, 6.07) is 6.59. The summed E-state index contributed by atoms with van der Waals surface area (Å²) >= 11 is 0. The van der Waals surface area contributed by atoms with E-state index >= 15 is 0 Å². The topological polar surface area (TPSA) is 57.5 Å². The lowest BCUT2D eigenvalue weighted by molar-refractivity contribution is -0.137.